The van der Waals surface area contributed by atoms with Crippen LogP contribution in [0, 0.1) is 0 Å². The number of benzene rings is 1. The van der Waals surface area contributed by atoms with Crippen LogP contribution in [0.3, 0.4) is 0 Å². The van der Waals surface area contributed by atoms with E-state index in [-0.39, 0.29) is 17.4 Å². The van der Waals surface area contributed by atoms with Crippen LogP contribution in [0.4, 0.5) is 0 Å². The number of aliphatic hydroxyl groups is 1. The molecule has 4 rings (SSSR count). The number of nitrogens with zero attached hydrogens (tertiary/aromatic N) is 1. The summed E-state index contributed by atoms with van der Waals surface area (Å²) in [6.45, 7) is 2.77. The highest BCUT2D eigenvalue weighted by molar-refractivity contribution is 7.09. The van der Waals surface area contributed by atoms with Crippen molar-refractivity contribution in [3.05, 3.63) is 57.8 Å². The van der Waals surface area contributed by atoms with Crippen LogP contribution < -0.4 is 5.32 Å². The van der Waals surface area contributed by atoms with Gasteiger partial charge in [-0.3, -0.25) is 9.69 Å². The molecule has 132 valence electrons. The number of carbonyl (C=O) groups excluding carboxylic acids is 1. The summed E-state index contributed by atoms with van der Waals surface area (Å²) in [6.07, 6.45) is 2.31. The van der Waals surface area contributed by atoms with Crippen molar-refractivity contribution >= 4 is 17.2 Å². The van der Waals surface area contributed by atoms with Crippen molar-refractivity contribution in [2.24, 2.45) is 0 Å². The molecule has 2 aromatic rings. The van der Waals surface area contributed by atoms with Crippen molar-refractivity contribution in [3.8, 4) is 0 Å². The van der Waals surface area contributed by atoms with Gasteiger partial charge in [-0.1, -0.05) is 30.3 Å². The van der Waals surface area contributed by atoms with Crippen LogP contribution in [-0.4, -0.2) is 41.7 Å². The summed E-state index contributed by atoms with van der Waals surface area (Å²) in [5.74, 6) is 0.0803. The van der Waals surface area contributed by atoms with Gasteiger partial charge in [0.1, 0.15) is 0 Å². The van der Waals surface area contributed by atoms with E-state index in [2.05, 4.69) is 34.5 Å². The highest BCUT2D eigenvalue weighted by Crippen LogP contribution is 2.46. The molecule has 1 saturated heterocycles. The fourth-order valence-electron chi connectivity index (χ4n) is 4.34. The Hall–Kier alpha value is -1.69. The highest BCUT2D eigenvalue weighted by atomic mass is 32.1. The quantitative estimate of drug-likeness (QED) is 0.884. The third kappa shape index (κ3) is 3.24. The molecule has 5 heteroatoms. The molecule has 1 aromatic carbocycles. The van der Waals surface area contributed by atoms with E-state index in [4.69, 9.17) is 0 Å². The zero-order valence-electron chi connectivity index (χ0n) is 14.3. The number of nitrogens with one attached hydrogen (secondary N) is 1. The standard InChI is InChI=1S/C20H24N2O2S/c23-18-12-15-4-1-2-6-17(15)20(18)7-9-22(10-8-20)14-19(24)21-13-16-5-3-11-25-16/h1-6,11,18,23H,7-10,12-14H2,(H,21,24)/t18-/m0/s1. The number of amides is 1. The Morgan fingerprint density at radius 3 is 2.80 bits per heavy atom. The van der Waals surface area contributed by atoms with E-state index in [0.29, 0.717) is 13.1 Å². The fourth-order valence-corrected chi connectivity index (χ4v) is 4.98. The van der Waals surface area contributed by atoms with Crippen LogP contribution in [0.5, 0.6) is 0 Å². The topological polar surface area (TPSA) is 52.6 Å². The summed E-state index contributed by atoms with van der Waals surface area (Å²) in [7, 11) is 0. The van der Waals surface area contributed by atoms with Gasteiger partial charge < -0.3 is 10.4 Å². The molecule has 1 aliphatic heterocycles. The van der Waals surface area contributed by atoms with Gasteiger partial charge in [-0.05, 0) is 54.9 Å². The maximum atomic E-state index is 12.2. The van der Waals surface area contributed by atoms with Crippen LogP contribution in [-0.2, 0) is 23.2 Å². The molecule has 1 aromatic heterocycles. The molecule has 0 bridgehead atoms. The first-order valence-electron chi connectivity index (χ1n) is 8.95. The van der Waals surface area contributed by atoms with Crippen LogP contribution in [0.1, 0.15) is 28.8 Å². The largest absolute Gasteiger partial charge is 0.392 e. The number of aliphatic hydroxyl groups excluding tert-OH is 1. The molecule has 1 amide bonds. The number of thiophene rings is 1. The molecule has 4 nitrogen and oxygen atoms in total. The predicted molar refractivity (Wildman–Crippen MR) is 99.7 cm³/mol. The Balaban J connectivity index is 1.33. The lowest BCUT2D eigenvalue weighted by Crippen LogP contribution is -2.49. The van der Waals surface area contributed by atoms with Crippen molar-refractivity contribution in [2.75, 3.05) is 19.6 Å². The molecule has 0 radical (unpaired) electrons. The first-order valence-corrected chi connectivity index (χ1v) is 9.83. The zero-order chi connectivity index (χ0) is 17.3. The second kappa shape index (κ2) is 6.90. The van der Waals surface area contributed by atoms with Gasteiger partial charge in [-0.25, -0.2) is 0 Å². The minimum Gasteiger partial charge on any atom is -0.392 e. The SMILES string of the molecule is O=C(CN1CCC2(CC1)c1ccccc1C[C@@H]2O)NCc1cccs1. The molecule has 1 spiro atoms. The van der Waals surface area contributed by atoms with Crippen molar-refractivity contribution in [1.82, 2.24) is 10.2 Å². The van der Waals surface area contributed by atoms with Gasteiger partial charge in [0.25, 0.3) is 0 Å². The fraction of sp³-hybridized carbons (Fsp3) is 0.450. The molecule has 1 fully saturated rings. The molecule has 0 saturated carbocycles. The highest BCUT2D eigenvalue weighted by Gasteiger charge is 2.47. The molecule has 0 unspecified atom stereocenters. The third-order valence-electron chi connectivity index (χ3n) is 5.76. The van der Waals surface area contributed by atoms with Crippen LogP contribution in [0.25, 0.3) is 0 Å². The first-order chi connectivity index (χ1) is 12.2. The summed E-state index contributed by atoms with van der Waals surface area (Å²) in [5.41, 5.74) is 2.50. The van der Waals surface area contributed by atoms with E-state index < -0.39 is 0 Å². The number of fused-ring (bicyclic) bond motifs is 2. The summed E-state index contributed by atoms with van der Waals surface area (Å²) in [5, 5.41) is 15.7. The average Bonchev–Trinajstić information content (AvgIpc) is 3.23. The van der Waals surface area contributed by atoms with Crippen LogP contribution in [0.15, 0.2) is 41.8 Å². The summed E-state index contributed by atoms with van der Waals surface area (Å²) < 4.78 is 0. The molecule has 2 heterocycles. The van der Waals surface area contributed by atoms with Crippen molar-refractivity contribution in [3.63, 3.8) is 0 Å². The lowest BCUT2D eigenvalue weighted by atomic mass is 9.72. The number of rotatable bonds is 4. The van der Waals surface area contributed by atoms with E-state index in [1.165, 1.54) is 16.0 Å². The predicted octanol–water partition coefficient (Wildman–Crippen LogP) is 2.32. The summed E-state index contributed by atoms with van der Waals surface area (Å²) >= 11 is 1.66. The maximum absolute atomic E-state index is 12.2. The number of hydrogen-bond acceptors (Lipinski definition) is 4. The van der Waals surface area contributed by atoms with Gasteiger partial charge in [0, 0.05) is 10.3 Å². The number of hydrogen-bond donors (Lipinski definition) is 2. The Bertz CT molecular complexity index is 736. The van der Waals surface area contributed by atoms with Gasteiger partial charge in [0.2, 0.25) is 5.91 Å². The number of likely N-dealkylation sites (tertiary alicyclic amines) is 1. The van der Waals surface area contributed by atoms with Crippen molar-refractivity contribution < 1.29 is 9.90 Å². The molecule has 25 heavy (non-hydrogen) atoms. The molecule has 1 atom stereocenters. The van der Waals surface area contributed by atoms with E-state index in [1.54, 1.807) is 11.3 Å². The van der Waals surface area contributed by atoms with Gasteiger partial charge in [0.15, 0.2) is 0 Å². The second-order valence-electron chi connectivity index (χ2n) is 7.17. The smallest absolute Gasteiger partial charge is 0.234 e. The third-order valence-corrected chi connectivity index (χ3v) is 6.64. The molecular formula is C20H24N2O2S. The lowest BCUT2D eigenvalue weighted by Gasteiger charge is -2.42. The van der Waals surface area contributed by atoms with Crippen LogP contribution >= 0.6 is 11.3 Å². The second-order valence-corrected chi connectivity index (χ2v) is 8.20. The maximum Gasteiger partial charge on any atom is 0.234 e. The lowest BCUT2D eigenvalue weighted by molar-refractivity contribution is -0.123. The summed E-state index contributed by atoms with van der Waals surface area (Å²) in [4.78, 5) is 15.6. The normalized spacial score (nSPS) is 22.0. The van der Waals surface area contributed by atoms with Gasteiger partial charge in [-0.15, -0.1) is 11.3 Å². The molecular weight excluding hydrogens is 332 g/mol. The number of piperidine rings is 1. The minimum absolute atomic E-state index is 0.0803. The molecule has 2 aliphatic rings. The van der Waals surface area contributed by atoms with E-state index in [9.17, 15) is 9.90 Å². The first kappa shape index (κ1) is 16.8. The van der Waals surface area contributed by atoms with Gasteiger partial charge in [0.05, 0.1) is 19.2 Å². The van der Waals surface area contributed by atoms with Crippen molar-refractivity contribution in [1.29, 1.82) is 0 Å². The molecule has 1 aliphatic carbocycles. The Morgan fingerprint density at radius 2 is 2.04 bits per heavy atom. The average molecular weight is 356 g/mol. The van der Waals surface area contributed by atoms with Gasteiger partial charge in [-0.2, -0.15) is 0 Å². The monoisotopic (exact) mass is 356 g/mol. The van der Waals surface area contributed by atoms with Crippen molar-refractivity contribution in [2.45, 2.75) is 37.3 Å². The Morgan fingerprint density at radius 1 is 1.24 bits per heavy atom. The van der Waals surface area contributed by atoms with E-state index >= 15 is 0 Å². The van der Waals surface area contributed by atoms with Crippen LogP contribution in [0.2, 0.25) is 0 Å². The Kier molecular flexibility index (Phi) is 4.63. The summed E-state index contributed by atoms with van der Waals surface area (Å²) in [6, 6.07) is 12.5. The number of carbonyl (C=O) groups is 1. The Labute approximate surface area is 152 Å². The minimum atomic E-state index is -0.292. The molecule has 2 N–H and O–H groups in total. The van der Waals surface area contributed by atoms with Gasteiger partial charge >= 0.3 is 0 Å². The van der Waals surface area contributed by atoms with E-state index in [0.717, 1.165) is 32.4 Å². The van der Waals surface area contributed by atoms with E-state index in [1.807, 2.05) is 17.5 Å². The zero-order valence-corrected chi connectivity index (χ0v) is 15.1.